The first kappa shape index (κ1) is 11.2. The fourth-order valence-electron chi connectivity index (χ4n) is 1.22. The topological polar surface area (TPSA) is 24.7 Å². The Morgan fingerprint density at radius 1 is 0.875 bits per heavy atom. The van der Waals surface area contributed by atoms with Crippen LogP contribution in [0.2, 0.25) is 0 Å². The molecule has 0 aliphatic heterocycles. The maximum atomic E-state index is 4.02. The van der Waals surface area contributed by atoms with Crippen LogP contribution in [0.5, 0.6) is 0 Å². The van der Waals surface area contributed by atoms with Gasteiger partial charge in [0, 0.05) is 9.75 Å². The molecule has 0 aromatic carbocycles. The van der Waals surface area contributed by atoms with Crippen LogP contribution in [-0.4, -0.2) is 12.4 Å². The van der Waals surface area contributed by atoms with Crippen LogP contribution < -0.4 is 0 Å². The number of nitrogens with zero attached hydrogens (tertiary/aromatic N) is 2. The highest BCUT2D eigenvalue weighted by Gasteiger charge is 1.92. The van der Waals surface area contributed by atoms with Gasteiger partial charge in [-0.15, -0.1) is 22.7 Å². The van der Waals surface area contributed by atoms with Crippen molar-refractivity contribution in [2.75, 3.05) is 0 Å². The second-order valence-electron chi connectivity index (χ2n) is 3.54. The Balaban J connectivity index is 1.96. The molecule has 2 rings (SSSR count). The van der Waals surface area contributed by atoms with E-state index in [1.54, 1.807) is 35.1 Å². The molecular weight excluding hydrogens is 236 g/mol. The molecule has 82 valence electrons. The Labute approximate surface area is 103 Å². The van der Waals surface area contributed by atoms with E-state index in [4.69, 9.17) is 0 Å². The number of aryl methyl sites for hydroxylation is 2. The minimum atomic E-state index is 1.14. The van der Waals surface area contributed by atoms with Crippen molar-refractivity contribution in [2.24, 2.45) is 10.2 Å². The van der Waals surface area contributed by atoms with Crippen LogP contribution in [0.4, 0.5) is 0 Å². The predicted octanol–water partition coefficient (Wildman–Crippen LogP) is 3.88. The molecule has 2 aromatic heterocycles. The van der Waals surface area contributed by atoms with E-state index in [1.807, 2.05) is 0 Å². The summed E-state index contributed by atoms with van der Waals surface area (Å²) in [6.07, 6.45) is 3.57. The fourth-order valence-corrected chi connectivity index (χ4v) is 2.73. The van der Waals surface area contributed by atoms with Gasteiger partial charge in [-0.3, -0.25) is 0 Å². The van der Waals surface area contributed by atoms with E-state index in [2.05, 4.69) is 46.9 Å². The molecule has 2 heterocycles. The molecule has 0 unspecified atom stereocenters. The molecule has 0 atom stereocenters. The van der Waals surface area contributed by atoms with Crippen molar-refractivity contribution < 1.29 is 0 Å². The van der Waals surface area contributed by atoms with Crippen LogP contribution in [0.15, 0.2) is 33.1 Å². The van der Waals surface area contributed by atoms with Crippen LogP contribution in [-0.2, 0) is 0 Å². The van der Waals surface area contributed by atoms with Gasteiger partial charge in [-0.05, 0) is 47.9 Å². The highest BCUT2D eigenvalue weighted by Crippen LogP contribution is 2.12. The van der Waals surface area contributed by atoms with Gasteiger partial charge in [0.05, 0.1) is 12.4 Å². The van der Waals surface area contributed by atoms with Gasteiger partial charge in [0.15, 0.2) is 0 Å². The third-order valence-corrected chi connectivity index (χ3v) is 3.91. The molecule has 2 nitrogen and oxygen atoms in total. The van der Waals surface area contributed by atoms with Gasteiger partial charge in [-0.2, -0.15) is 10.2 Å². The third-order valence-electron chi connectivity index (χ3n) is 1.94. The van der Waals surface area contributed by atoms with E-state index in [-0.39, 0.29) is 0 Å². The maximum Gasteiger partial charge on any atom is 0.0667 e. The molecular formula is C12H12N2S2. The predicted molar refractivity (Wildman–Crippen MR) is 73.3 cm³/mol. The Morgan fingerprint density at radius 3 is 1.62 bits per heavy atom. The minimum absolute atomic E-state index is 1.14. The Hall–Kier alpha value is -1.26. The van der Waals surface area contributed by atoms with Crippen LogP contribution >= 0.6 is 22.7 Å². The lowest BCUT2D eigenvalue weighted by atomic mass is 10.3. The molecule has 0 aliphatic rings. The van der Waals surface area contributed by atoms with Gasteiger partial charge in [-0.1, -0.05) is 0 Å². The van der Waals surface area contributed by atoms with E-state index < -0.39 is 0 Å². The molecule has 0 amide bonds. The quantitative estimate of drug-likeness (QED) is 0.582. The summed E-state index contributed by atoms with van der Waals surface area (Å²) in [7, 11) is 0. The summed E-state index contributed by atoms with van der Waals surface area (Å²) in [5.41, 5.74) is 2.54. The molecule has 0 saturated heterocycles. The highest BCUT2D eigenvalue weighted by molar-refractivity contribution is 7.12. The molecule has 0 radical (unpaired) electrons. The van der Waals surface area contributed by atoms with E-state index in [0.29, 0.717) is 0 Å². The summed E-state index contributed by atoms with van der Waals surface area (Å²) in [4.78, 5) is 2.27. The van der Waals surface area contributed by atoms with Gasteiger partial charge < -0.3 is 0 Å². The van der Waals surface area contributed by atoms with Crippen LogP contribution in [0.3, 0.4) is 0 Å². The zero-order valence-corrected chi connectivity index (χ0v) is 10.8. The highest BCUT2D eigenvalue weighted by atomic mass is 32.1. The van der Waals surface area contributed by atoms with Gasteiger partial charge >= 0.3 is 0 Å². The van der Waals surface area contributed by atoms with Crippen molar-refractivity contribution in [1.29, 1.82) is 0 Å². The lowest BCUT2D eigenvalue weighted by Crippen LogP contribution is -1.73. The number of hydrogen-bond acceptors (Lipinski definition) is 4. The van der Waals surface area contributed by atoms with E-state index in [0.717, 1.165) is 9.75 Å². The van der Waals surface area contributed by atoms with Gasteiger partial charge in [-0.25, -0.2) is 0 Å². The number of hydrogen-bond donors (Lipinski definition) is 0. The largest absolute Gasteiger partial charge is 0.158 e. The molecule has 0 N–H and O–H groups in total. The Morgan fingerprint density at radius 2 is 1.31 bits per heavy atom. The number of rotatable bonds is 3. The summed E-state index contributed by atoms with van der Waals surface area (Å²) in [6.45, 7) is 4.15. The first-order valence-corrected chi connectivity index (χ1v) is 6.66. The van der Waals surface area contributed by atoms with E-state index >= 15 is 0 Å². The normalized spacial score (nSPS) is 11.9. The van der Waals surface area contributed by atoms with Gasteiger partial charge in [0.25, 0.3) is 0 Å². The summed E-state index contributed by atoms with van der Waals surface area (Å²) in [5.74, 6) is 0. The summed E-state index contributed by atoms with van der Waals surface area (Å²) >= 11 is 3.36. The third kappa shape index (κ3) is 3.12. The smallest absolute Gasteiger partial charge is 0.0667 e. The molecule has 4 heteroatoms. The molecule has 0 bridgehead atoms. The Bertz CT molecular complexity index is 472. The van der Waals surface area contributed by atoms with Crippen molar-refractivity contribution in [1.82, 2.24) is 0 Å². The molecule has 0 aliphatic carbocycles. The van der Waals surface area contributed by atoms with Gasteiger partial charge in [0.1, 0.15) is 0 Å². The summed E-state index contributed by atoms with van der Waals surface area (Å²) in [6, 6.07) is 4.19. The maximum absolute atomic E-state index is 4.02. The standard InChI is InChI=1S/C12H12N2S2/c1-9-3-11(15-7-9)5-13-14-6-12-4-10(2)8-16-12/h3-8H,1-2H3. The molecule has 0 saturated carbocycles. The van der Waals surface area contributed by atoms with Crippen LogP contribution in [0, 0.1) is 13.8 Å². The monoisotopic (exact) mass is 248 g/mol. The SMILES string of the molecule is Cc1csc(C=NN=Cc2cc(C)cs2)c1. The zero-order chi connectivity index (χ0) is 11.4. The lowest BCUT2D eigenvalue weighted by Gasteiger charge is -1.81. The van der Waals surface area contributed by atoms with Crippen molar-refractivity contribution in [2.45, 2.75) is 13.8 Å². The van der Waals surface area contributed by atoms with Crippen molar-refractivity contribution in [3.05, 3.63) is 43.8 Å². The summed E-state index contributed by atoms with van der Waals surface area (Å²) < 4.78 is 0. The van der Waals surface area contributed by atoms with Crippen LogP contribution in [0.1, 0.15) is 20.9 Å². The molecule has 2 aromatic rings. The first-order chi connectivity index (χ1) is 7.74. The average Bonchev–Trinajstić information content (AvgIpc) is 2.83. The molecule has 16 heavy (non-hydrogen) atoms. The van der Waals surface area contributed by atoms with Crippen LogP contribution in [0.25, 0.3) is 0 Å². The first-order valence-electron chi connectivity index (χ1n) is 4.91. The fraction of sp³-hybridized carbons (Fsp3) is 0.167. The van der Waals surface area contributed by atoms with Crippen molar-refractivity contribution in [3.8, 4) is 0 Å². The number of thiophene rings is 2. The van der Waals surface area contributed by atoms with Crippen molar-refractivity contribution in [3.63, 3.8) is 0 Å². The van der Waals surface area contributed by atoms with Gasteiger partial charge in [0.2, 0.25) is 0 Å². The molecule has 0 fully saturated rings. The zero-order valence-electron chi connectivity index (χ0n) is 9.18. The minimum Gasteiger partial charge on any atom is -0.158 e. The van der Waals surface area contributed by atoms with Crippen molar-refractivity contribution >= 4 is 35.1 Å². The average molecular weight is 248 g/mol. The second-order valence-corrected chi connectivity index (χ2v) is 5.43. The lowest BCUT2D eigenvalue weighted by molar-refractivity contribution is 1.27. The summed E-state index contributed by atoms with van der Waals surface area (Å²) in [5, 5.41) is 12.3. The molecule has 0 spiro atoms. The second kappa shape index (κ2) is 5.18. The van der Waals surface area contributed by atoms with E-state index in [9.17, 15) is 0 Å². The Kier molecular flexibility index (Phi) is 3.64. The van der Waals surface area contributed by atoms with E-state index in [1.165, 1.54) is 11.1 Å².